The van der Waals surface area contributed by atoms with Gasteiger partial charge in [0.25, 0.3) is 0 Å². The van der Waals surface area contributed by atoms with Crippen LogP contribution < -0.4 is 4.90 Å². The van der Waals surface area contributed by atoms with Crippen molar-refractivity contribution >= 4 is 11.5 Å². The van der Waals surface area contributed by atoms with E-state index in [1.807, 2.05) is 12.1 Å². The second-order valence-electron chi connectivity index (χ2n) is 5.51. The SMILES string of the molecule is Cc1ccccc1[C@H]1CCN(c2ccc3nnnn3n2)C1. The summed E-state index contributed by atoms with van der Waals surface area (Å²) in [6.45, 7) is 4.19. The van der Waals surface area contributed by atoms with Crippen molar-refractivity contribution in [2.45, 2.75) is 19.3 Å². The molecule has 1 aliphatic heterocycles. The molecule has 106 valence electrons. The molecular formula is C15H16N6. The monoisotopic (exact) mass is 280 g/mol. The van der Waals surface area contributed by atoms with Gasteiger partial charge in [-0.3, -0.25) is 0 Å². The highest BCUT2D eigenvalue weighted by atomic mass is 15.6. The van der Waals surface area contributed by atoms with Crippen molar-refractivity contribution in [1.82, 2.24) is 25.3 Å². The Bertz CT molecular complexity index is 780. The van der Waals surface area contributed by atoms with Gasteiger partial charge < -0.3 is 4.90 Å². The molecule has 0 unspecified atom stereocenters. The minimum atomic E-state index is 0.567. The number of aromatic nitrogens is 5. The lowest BCUT2D eigenvalue weighted by Gasteiger charge is -2.18. The molecular weight excluding hydrogens is 264 g/mol. The van der Waals surface area contributed by atoms with Crippen molar-refractivity contribution in [1.29, 1.82) is 0 Å². The molecule has 3 heterocycles. The summed E-state index contributed by atoms with van der Waals surface area (Å²) in [5.74, 6) is 1.50. The summed E-state index contributed by atoms with van der Waals surface area (Å²) in [7, 11) is 0. The van der Waals surface area contributed by atoms with E-state index in [9.17, 15) is 0 Å². The second kappa shape index (κ2) is 4.80. The maximum Gasteiger partial charge on any atom is 0.200 e. The molecule has 21 heavy (non-hydrogen) atoms. The van der Waals surface area contributed by atoms with E-state index in [0.29, 0.717) is 11.6 Å². The first-order chi connectivity index (χ1) is 10.3. The van der Waals surface area contributed by atoms with Gasteiger partial charge in [0.2, 0.25) is 0 Å². The average Bonchev–Trinajstić information content (AvgIpc) is 3.16. The Hall–Kier alpha value is -2.50. The van der Waals surface area contributed by atoms with Crippen LogP contribution in [0.3, 0.4) is 0 Å². The van der Waals surface area contributed by atoms with Crippen LogP contribution in [-0.4, -0.2) is 38.3 Å². The molecule has 4 rings (SSSR count). The van der Waals surface area contributed by atoms with Crippen LogP contribution in [0.2, 0.25) is 0 Å². The summed E-state index contributed by atoms with van der Waals surface area (Å²) >= 11 is 0. The zero-order valence-corrected chi connectivity index (χ0v) is 11.8. The summed E-state index contributed by atoms with van der Waals surface area (Å²) in [6.07, 6.45) is 1.15. The average molecular weight is 280 g/mol. The van der Waals surface area contributed by atoms with Gasteiger partial charge in [-0.05, 0) is 47.0 Å². The smallest absolute Gasteiger partial charge is 0.200 e. The van der Waals surface area contributed by atoms with Gasteiger partial charge in [-0.1, -0.05) is 24.3 Å². The number of nitrogens with zero attached hydrogens (tertiary/aromatic N) is 6. The fourth-order valence-corrected chi connectivity index (χ4v) is 3.08. The first kappa shape index (κ1) is 12.3. The predicted octanol–water partition coefficient (Wildman–Crippen LogP) is 1.82. The molecule has 0 aliphatic carbocycles. The summed E-state index contributed by atoms with van der Waals surface area (Å²) in [4.78, 5) is 2.30. The topological polar surface area (TPSA) is 59.2 Å². The molecule has 6 heteroatoms. The zero-order valence-electron chi connectivity index (χ0n) is 11.8. The predicted molar refractivity (Wildman–Crippen MR) is 79.3 cm³/mol. The highest BCUT2D eigenvalue weighted by Gasteiger charge is 2.26. The third-order valence-electron chi connectivity index (χ3n) is 4.20. The number of hydrogen-bond donors (Lipinski definition) is 0. The van der Waals surface area contributed by atoms with Crippen molar-refractivity contribution in [3.05, 3.63) is 47.5 Å². The zero-order chi connectivity index (χ0) is 14.2. The number of rotatable bonds is 2. The van der Waals surface area contributed by atoms with Crippen LogP contribution in [0.15, 0.2) is 36.4 Å². The van der Waals surface area contributed by atoms with E-state index in [1.54, 1.807) is 0 Å². The van der Waals surface area contributed by atoms with E-state index in [0.717, 1.165) is 25.3 Å². The third-order valence-corrected chi connectivity index (χ3v) is 4.20. The molecule has 2 aromatic heterocycles. The fraction of sp³-hybridized carbons (Fsp3) is 0.333. The number of tetrazole rings is 1. The van der Waals surface area contributed by atoms with E-state index in [-0.39, 0.29) is 0 Å². The molecule has 0 N–H and O–H groups in total. The van der Waals surface area contributed by atoms with Gasteiger partial charge in [0.1, 0.15) is 0 Å². The quantitative estimate of drug-likeness (QED) is 0.716. The summed E-state index contributed by atoms with van der Waals surface area (Å²) in [6, 6.07) is 12.5. The van der Waals surface area contributed by atoms with E-state index in [2.05, 4.69) is 56.7 Å². The number of anilines is 1. The van der Waals surface area contributed by atoms with Crippen LogP contribution in [0.1, 0.15) is 23.5 Å². The van der Waals surface area contributed by atoms with Gasteiger partial charge in [0, 0.05) is 19.0 Å². The molecule has 0 saturated carbocycles. The van der Waals surface area contributed by atoms with E-state index >= 15 is 0 Å². The Balaban J connectivity index is 1.59. The van der Waals surface area contributed by atoms with Gasteiger partial charge in [-0.25, -0.2) is 0 Å². The second-order valence-corrected chi connectivity index (χ2v) is 5.51. The van der Waals surface area contributed by atoms with Crippen LogP contribution in [0.5, 0.6) is 0 Å². The minimum absolute atomic E-state index is 0.567. The summed E-state index contributed by atoms with van der Waals surface area (Å²) < 4.78 is 1.48. The highest BCUT2D eigenvalue weighted by molar-refractivity contribution is 5.46. The van der Waals surface area contributed by atoms with Crippen molar-refractivity contribution in [3.8, 4) is 0 Å². The molecule has 1 saturated heterocycles. The molecule has 1 aromatic carbocycles. The molecule has 0 amide bonds. The standard InChI is InChI=1S/C15H16N6/c1-11-4-2-3-5-13(11)12-8-9-20(10-12)15-7-6-14-16-18-19-21(14)17-15/h2-7,12H,8-10H2,1H3/t12-/m0/s1. The van der Waals surface area contributed by atoms with Crippen molar-refractivity contribution < 1.29 is 0 Å². The minimum Gasteiger partial charge on any atom is -0.354 e. The van der Waals surface area contributed by atoms with E-state index in [4.69, 9.17) is 0 Å². The maximum absolute atomic E-state index is 4.47. The van der Waals surface area contributed by atoms with Crippen LogP contribution in [0.4, 0.5) is 5.82 Å². The van der Waals surface area contributed by atoms with Crippen LogP contribution in [-0.2, 0) is 0 Å². The summed E-state index contributed by atoms with van der Waals surface area (Å²) in [5.41, 5.74) is 3.49. The molecule has 3 aromatic rings. The Labute approximate surface area is 122 Å². The van der Waals surface area contributed by atoms with Crippen molar-refractivity contribution in [2.24, 2.45) is 0 Å². The molecule has 0 radical (unpaired) electrons. The first-order valence-electron chi connectivity index (χ1n) is 7.17. The van der Waals surface area contributed by atoms with Gasteiger partial charge in [-0.2, -0.15) is 0 Å². The normalized spacial score (nSPS) is 18.5. The van der Waals surface area contributed by atoms with Crippen molar-refractivity contribution in [3.63, 3.8) is 0 Å². The van der Waals surface area contributed by atoms with Crippen LogP contribution in [0.25, 0.3) is 5.65 Å². The lowest BCUT2D eigenvalue weighted by Crippen LogP contribution is -2.21. The molecule has 0 bridgehead atoms. The summed E-state index contributed by atoms with van der Waals surface area (Å²) in [5, 5.41) is 15.8. The molecule has 1 atom stereocenters. The van der Waals surface area contributed by atoms with Crippen LogP contribution in [0, 0.1) is 6.92 Å². The number of aryl methyl sites for hydroxylation is 1. The first-order valence-corrected chi connectivity index (χ1v) is 7.17. The molecule has 6 nitrogen and oxygen atoms in total. The Kier molecular flexibility index (Phi) is 2.80. The van der Waals surface area contributed by atoms with Crippen molar-refractivity contribution in [2.75, 3.05) is 18.0 Å². The molecule has 0 spiro atoms. The van der Waals surface area contributed by atoms with E-state index in [1.165, 1.54) is 15.8 Å². The fourth-order valence-electron chi connectivity index (χ4n) is 3.08. The van der Waals surface area contributed by atoms with Gasteiger partial charge in [0.05, 0.1) is 0 Å². The van der Waals surface area contributed by atoms with Gasteiger partial charge in [-0.15, -0.1) is 14.8 Å². The lowest BCUT2D eigenvalue weighted by molar-refractivity contribution is 0.719. The maximum atomic E-state index is 4.47. The Morgan fingerprint density at radius 1 is 1.14 bits per heavy atom. The largest absolute Gasteiger partial charge is 0.354 e. The van der Waals surface area contributed by atoms with Gasteiger partial charge in [0.15, 0.2) is 11.5 Å². The highest BCUT2D eigenvalue weighted by Crippen LogP contribution is 2.31. The Morgan fingerprint density at radius 3 is 2.95 bits per heavy atom. The molecule has 1 aliphatic rings. The van der Waals surface area contributed by atoms with E-state index < -0.39 is 0 Å². The Morgan fingerprint density at radius 2 is 2.05 bits per heavy atom. The third kappa shape index (κ3) is 2.12. The van der Waals surface area contributed by atoms with Gasteiger partial charge >= 0.3 is 0 Å². The number of fused-ring (bicyclic) bond motifs is 1. The number of hydrogen-bond acceptors (Lipinski definition) is 5. The lowest BCUT2D eigenvalue weighted by atomic mass is 9.94. The molecule has 1 fully saturated rings. The van der Waals surface area contributed by atoms with Crippen LogP contribution >= 0.6 is 0 Å². The number of benzene rings is 1.